The number of fused-ring (bicyclic) bond motifs is 1. The van der Waals surface area contributed by atoms with Crippen molar-refractivity contribution < 1.29 is 13.9 Å². The molecule has 0 aliphatic carbocycles. The summed E-state index contributed by atoms with van der Waals surface area (Å²) in [5.74, 6) is 1.30. The van der Waals surface area contributed by atoms with Crippen LogP contribution in [-0.2, 0) is 6.54 Å². The second-order valence-electron chi connectivity index (χ2n) is 5.78. The first-order valence-electron chi connectivity index (χ1n) is 8.19. The first-order valence-corrected chi connectivity index (χ1v) is 9.80. The van der Waals surface area contributed by atoms with E-state index in [-0.39, 0.29) is 5.91 Å². The molecule has 0 fully saturated rings. The molecule has 4 rings (SSSR count). The number of anilines is 1. The first kappa shape index (κ1) is 17.8. The first-order chi connectivity index (χ1) is 13.2. The molecular weight excluding hydrogens is 428 g/mol. The number of benzene rings is 2. The van der Waals surface area contributed by atoms with E-state index < -0.39 is 0 Å². The summed E-state index contributed by atoms with van der Waals surface area (Å²) < 4.78 is 12.4. The Morgan fingerprint density at radius 1 is 1.22 bits per heavy atom. The summed E-state index contributed by atoms with van der Waals surface area (Å²) in [6, 6.07) is 16.7. The van der Waals surface area contributed by atoms with Crippen LogP contribution in [0.1, 0.15) is 16.1 Å². The SMILES string of the molecule is COc1ccc2nc(N(Cc3ccco3)C(=O)c3ccccc3Br)sc2c1. The molecule has 0 saturated heterocycles. The molecule has 1 amide bonds. The molecule has 0 atom stereocenters. The van der Waals surface area contributed by atoms with Crippen molar-refractivity contribution in [3.8, 4) is 5.75 Å². The smallest absolute Gasteiger partial charge is 0.261 e. The summed E-state index contributed by atoms with van der Waals surface area (Å²) in [6.07, 6.45) is 1.60. The maximum atomic E-state index is 13.3. The molecule has 0 aliphatic rings. The second kappa shape index (κ2) is 7.54. The number of rotatable bonds is 5. The number of carbonyl (C=O) groups is 1. The van der Waals surface area contributed by atoms with Crippen LogP contribution in [0.3, 0.4) is 0 Å². The highest BCUT2D eigenvalue weighted by atomic mass is 79.9. The number of hydrogen-bond donors (Lipinski definition) is 0. The van der Waals surface area contributed by atoms with Gasteiger partial charge in [0, 0.05) is 4.47 Å². The third-order valence-electron chi connectivity index (χ3n) is 4.06. The minimum absolute atomic E-state index is 0.148. The van der Waals surface area contributed by atoms with Crippen molar-refractivity contribution in [2.45, 2.75) is 6.54 Å². The largest absolute Gasteiger partial charge is 0.497 e. The van der Waals surface area contributed by atoms with Gasteiger partial charge in [0.05, 0.1) is 35.7 Å². The van der Waals surface area contributed by atoms with Gasteiger partial charge in [-0.05, 0) is 58.4 Å². The standard InChI is InChI=1S/C20H15BrN2O3S/c1-25-13-8-9-17-18(11-13)27-20(22-17)23(12-14-5-4-10-26-14)19(24)15-6-2-3-7-16(15)21/h2-11H,12H2,1H3. The maximum Gasteiger partial charge on any atom is 0.261 e. The quantitative estimate of drug-likeness (QED) is 0.408. The van der Waals surface area contributed by atoms with Crippen molar-refractivity contribution in [3.63, 3.8) is 0 Å². The topological polar surface area (TPSA) is 55.6 Å². The Bertz CT molecular complexity index is 1090. The van der Waals surface area contributed by atoms with Crippen molar-refractivity contribution in [1.29, 1.82) is 0 Å². The van der Waals surface area contributed by atoms with Crippen molar-refractivity contribution in [2.24, 2.45) is 0 Å². The van der Waals surface area contributed by atoms with Gasteiger partial charge in [-0.1, -0.05) is 23.5 Å². The normalized spacial score (nSPS) is 10.9. The lowest BCUT2D eigenvalue weighted by molar-refractivity contribution is 0.0982. The highest BCUT2D eigenvalue weighted by molar-refractivity contribution is 9.10. The molecule has 27 heavy (non-hydrogen) atoms. The van der Waals surface area contributed by atoms with E-state index in [2.05, 4.69) is 20.9 Å². The van der Waals surface area contributed by atoms with Crippen LogP contribution >= 0.6 is 27.3 Å². The zero-order chi connectivity index (χ0) is 18.8. The van der Waals surface area contributed by atoms with Crippen LogP contribution in [0, 0.1) is 0 Å². The van der Waals surface area contributed by atoms with Gasteiger partial charge in [-0.15, -0.1) is 0 Å². The van der Waals surface area contributed by atoms with E-state index in [1.54, 1.807) is 30.4 Å². The molecule has 2 aromatic carbocycles. The number of amides is 1. The summed E-state index contributed by atoms with van der Waals surface area (Å²) in [5.41, 5.74) is 1.39. The fourth-order valence-corrected chi connectivity index (χ4v) is 4.15. The molecule has 0 radical (unpaired) electrons. The summed E-state index contributed by atoms with van der Waals surface area (Å²) in [6.45, 7) is 0.296. The van der Waals surface area contributed by atoms with E-state index in [9.17, 15) is 4.79 Å². The molecule has 2 aromatic heterocycles. The third kappa shape index (κ3) is 3.61. The molecule has 0 bridgehead atoms. The molecule has 0 unspecified atom stereocenters. The maximum absolute atomic E-state index is 13.3. The number of methoxy groups -OCH3 is 1. The van der Waals surface area contributed by atoms with Crippen LogP contribution in [0.25, 0.3) is 10.2 Å². The third-order valence-corrected chi connectivity index (χ3v) is 5.79. The summed E-state index contributed by atoms with van der Waals surface area (Å²) in [7, 11) is 1.63. The average Bonchev–Trinajstić information content (AvgIpc) is 3.34. The van der Waals surface area contributed by atoms with Crippen molar-refractivity contribution >= 4 is 48.5 Å². The van der Waals surface area contributed by atoms with Crippen LogP contribution in [-0.4, -0.2) is 18.0 Å². The van der Waals surface area contributed by atoms with Gasteiger partial charge in [-0.25, -0.2) is 4.98 Å². The minimum Gasteiger partial charge on any atom is -0.497 e. The summed E-state index contributed by atoms with van der Waals surface area (Å²) in [5, 5.41) is 0.607. The summed E-state index contributed by atoms with van der Waals surface area (Å²) >= 11 is 4.91. The Labute approximate surface area is 168 Å². The monoisotopic (exact) mass is 442 g/mol. The van der Waals surface area contributed by atoms with Gasteiger partial charge in [0.1, 0.15) is 11.5 Å². The Kier molecular flexibility index (Phi) is 4.96. The molecule has 2 heterocycles. The molecule has 4 aromatic rings. The van der Waals surface area contributed by atoms with Gasteiger partial charge in [0.15, 0.2) is 5.13 Å². The molecular formula is C20H15BrN2O3S. The van der Waals surface area contributed by atoms with E-state index in [1.165, 1.54) is 11.3 Å². The predicted octanol–water partition coefficient (Wildman–Crippen LogP) is 5.51. The van der Waals surface area contributed by atoms with E-state index in [1.807, 2.05) is 42.5 Å². The Hall–Kier alpha value is -2.64. The molecule has 0 saturated carbocycles. The van der Waals surface area contributed by atoms with Crippen molar-refractivity contribution in [2.75, 3.05) is 12.0 Å². The number of halogens is 1. The number of thiazole rings is 1. The number of ether oxygens (including phenoxy) is 1. The van der Waals surface area contributed by atoms with E-state index in [0.717, 1.165) is 20.4 Å². The minimum atomic E-state index is -0.148. The number of aromatic nitrogens is 1. The van der Waals surface area contributed by atoms with Crippen LogP contribution in [0.15, 0.2) is 69.8 Å². The van der Waals surface area contributed by atoms with Crippen LogP contribution in [0.5, 0.6) is 5.75 Å². The zero-order valence-electron chi connectivity index (χ0n) is 14.4. The van der Waals surface area contributed by atoms with Crippen LogP contribution in [0.2, 0.25) is 0 Å². The molecule has 136 valence electrons. The lowest BCUT2D eigenvalue weighted by atomic mass is 10.2. The Morgan fingerprint density at radius 2 is 2.07 bits per heavy atom. The molecule has 0 N–H and O–H groups in total. The lowest BCUT2D eigenvalue weighted by Gasteiger charge is -2.19. The molecule has 0 spiro atoms. The van der Waals surface area contributed by atoms with E-state index >= 15 is 0 Å². The lowest BCUT2D eigenvalue weighted by Crippen LogP contribution is -2.30. The van der Waals surface area contributed by atoms with Crippen LogP contribution in [0.4, 0.5) is 5.13 Å². The van der Waals surface area contributed by atoms with Gasteiger partial charge in [-0.3, -0.25) is 9.69 Å². The number of furan rings is 1. The molecule has 0 aliphatic heterocycles. The zero-order valence-corrected chi connectivity index (χ0v) is 16.8. The fourth-order valence-electron chi connectivity index (χ4n) is 2.70. The van der Waals surface area contributed by atoms with Gasteiger partial charge >= 0.3 is 0 Å². The second-order valence-corrected chi connectivity index (χ2v) is 7.64. The number of nitrogens with zero attached hydrogens (tertiary/aromatic N) is 2. The Morgan fingerprint density at radius 3 is 2.81 bits per heavy atom. The highest BCUT2D eigenvalue weighted by Gasteiger charge is 2.24. The van der Waals surface area contributed by atoms with Crippen molar-refractivity contribution in [1.82, 2.24) is 4.98 Å². The van der Waals surface area contributed by atoms with Crippen LogP contribution < -0.4 is 9.64 Å². The highest BCUT2D eigenvalue weighted by Crippen LogP contribution is 2.33. The Balaban J connectivity index is 1.78. The number of carbonyl (C=O) groups excluding carboxylic acids is 1. The van der Waals surface area contributed by atoms with Gasteiger partial charge in [-0.2, -0.15) is 0 Å². The van der Waals surface area contributed by atoms with Gasteiger partial charge in [0.25, 0.3) is 5.91 Å². The van der Waals surface area contributed by atoms with E-state index in [0.29, 0.717) is 23.0 Å². The average molecular weight is 443 g/mol. The molecule has 7 heteroatoms. The van der Waals surface area contributed by atoms with E-state index in [4.69, 9.17) is 9.15 Å². The fraction of sp³-hybridized carbons (Fsp3) is 0.100. The summed E-state index contributed by atoms with van der Waals surface area (Å²) in [4.78, 5) is 19.6. The molecule has 5 nitrogen and oxygen atoms in total. The van der Waals surface area contributed by atoms with Gasteiger partial charge < -0.3 is 9.15 Å². The van der Waals surface area contributed by atoms with Crippen molar-refractivity contribution in [3.05, 3.63) is 76.7 Å². The van der Waals surface area contributed by atoms with Gasteiger partial charge in [0.2, 0.25) is 0 Å². The number of hydrogen-bond acceptors (Lipinski definition) is 5. The predicted molar refractivity (Wildman–Crippen MR) is 110 cm³/mol.